The molecule has 6 heteroatoms. The molecule has 1 saturated heterocycles. The van der Waals surface area contributed by atoms with E-state index in [0.717, 1.165) is 48.8 Å². The predicted molar refractivity (Wildman–Crippen MR) is 110 cm³/mol. The summed E-state index contributed by atoms with van der Waals surface area (Å²) >= 11 is 0. The van der Waals surface area contributed by atoms with Crippen molar-refractivity contribution in [2.75, 3.05) is 24.6 Å². The average Bonchev–Trinajstić information content (AvgIpc) is 3.15. The molecule has 2 aromatic rings. The van der Waals surface area contributed by atoms with E-state index in [2.05, 4.69) is 22.1 Å². The summed E-state index contributed by atoms with van der Waals surface area (Å²) in [5.74, 6) is 2.58. The molecule has 2 unspecified atom stereocenters. The van der Waals surface area contributed by atoms with Gasteiger partial charge in [0.25, 0.3) is 0 Å². The van der Waals surface area contributed by atoms with Crippen molar-refractivity contribution < 1.29 is 14.3 Å². The summed E-state index contributed by atoms with van der Waals surface area (Å²) in [6.45, 7) is 8.03. The van der Waals surface area contributed by atoms with E-state index in [-0.39, 0.29) is 18.1 Å². The summed E-state index contributed by atoms with van der Waals surface area (Å²) in [6.07, 6.45) is 3.87. The van der Waals surface area contributed by atoms with E-state index < -0.39 is 0 Å². The van der Waals surface area contributed by atoms with Gasteiger partial charge < -0.3 is 19.7 Å². The molecule has 2 atom stereocenters. The Labute approximate surface area is 166 Å². The maximum Gasteiger partial charge on any atom is 0.217 e. The molecule has 0 radical (unpaired) electrons. The summed E-state index contributed by atoms with van der Waals surface area (Å²) < 4.78 is 11.7. The molecule has 1 aromatic heterocycles. The Morgan fingerprint density at radius 2 is 2.00 bits per heavy atom. The zero-order chi connectivity index (χ0) is 19.9. The van der Waals surface area contributed by atoms with Crippen molar-refractivity contribution in [3.8, 4) is 11.5 Å². The second-order valence-corrected chi connectivity index (χ2v) is 7.17. The minimum absolute atomic E-state index is 0.0103. The van der Waals surface area contributed by atoms with Gasteiger partial charge in [-0.05, 0) is 43.2 Å². The molecule has 2 heterocycles. The van der Waals surface area contributed by atoms with Crippen LogP contribution in [0, 0.1) is 0 Å². The lowest BCUT2D eigenvalue weighted by Gasteiger charge is -2.19. The standard InChI is InChI=1S/C22H29N3O3/c1-4-13-27-20-9-10-22(23-14-20)25-12-11-21(15-25)28-19-7-5-18(6-8-19)16(2)24-17(3)26/h5-10,14,16,21H,4,11-13,15H2,1-3H3,(H,24,26). The fraction of sp³-hybridized carbons (Fsp3) is 0.455. The number of hydrogen-bond acceptors (Lipinski definition) is 5. The van der Waals surface area contributed by atoms with E-state index in [4.69, 9.17) is 9.47 Å². The third-order valence-corrected chi connectivity index (χ3v) is 4.77. The van der Waals surface area contributed by atoms with Crippen molar-refractivity contribution in [1.29, 1.82) is 0 Å². The van der Waals surface area contributed by atoms with E-state index >= 15 is 0 Å². The van der Waals surface area contributed by atoms with Crippen molar-refractivity contribution in [3.63, 3.8) is 0 Å². The molecule has 0 aliphatic carbocycles. The smallest absolute Gasteiger partial charge is 0.217 e. The SMILES string of the molecule is CCCOc1ccc(N2CCC(Oc3ccc(C(C)NC(C)=O)cc3)C2)nc1. The molecule has 1 aliphatic rings. The number of aromatic nitrogens is 1. The number of anilines is 1. The fourth-order valence-corrected chi connectivity index (χ4v) is 3.31. The molecule has 1 N–H and O–H groups in total. The van der Waals surface area contributed by atoms with Crippen LogP contribution in [0.4, 0.5) is 5.82 Å². The van der Waals surface area contributed by atoms with Crippen LogP contribution in [0.2, 0.25) is 0 Å². The molecule has 1 amide bonds. The van der Waals surface area contributed by atoms with Crippen LogP contribution in [0.1, 0.15) is 45.2 Å². The summed E-state index contributed by atoms with van der Waals surface area (Å²) in [5, 5.41) is 2.89. The van der Waals surface area contributed by atoms with Gasteiger partial charge in [0, 0.05) is 19.9 Å². The van der Waals surface area contributed by atoms with Crippen molar-refractivity contribution in [1.82, 2.24) is 10.3 Å². The van der Waals surface area contributed by atoms with E-state index in [9.17, 15) is 4.79 Å². The molecule has 28 heavy (non-hydrogen) atoms. The number of nitrogens with zero attached hydrogens (tertiary/aromatic N) is 2. The highest BCUT2D eigenvalue weighted by molar-refractivity contribution is 5.73. The van der Waals surface area contributed by atoms with Crippen molar-refractivity contribution >= 4 is 11.7 Å². The van der Waals surface area contributed by atoms with Crippen molar-refractivity contribution in [2.45, 2.75) is 45.8 Å². The molecule has 0 saturated carbocycles. The Morgan fingerprint density at radius 1 is 1.25 bits per heavy atom. The lowest BCUT2D eigenvalue weighted by molar-refractivity contribution is -0.119. The highest BCUT2D eigenvalue weighted by Gasteiger charge is 2.25. The number of rotatable bonds is 8. The third-order valence-electron chi connectivity index (χ3n) is 4.77. The Balaban J connectivity index is 1.52. The number of hydrogen-bond donors (Lipinski definition) is 1. The third kappa shape index (κ3) is 5.38. The second kappa shape index (κ2) is 9.44. The lowest BCUT2D eigenvalue weighted by atomic mass is 10.1. The molecular formula is C22H29N3O3. The molecule has 1 fully saturated rings. The van der Waals surface area contributed by atoms with Crippen LogP contribution in [0.25, 0.3) is 0 Å². The van der Waals surface area contributed by atoms with Crippen molar-refractivity contribution in [3.05, 3.63) is 48.2 Å². The van der Waals surface area contributed by atoms with Crippen molar-refractivity contribution in [2.24, 2.45) is 0 Å². The highest BCUT2D eigenvalue weighted by atomic mass is 16.5. The number of carbonyl (C=O) groups is 1. The summed E-state index contributed by atoms with van der Waals surface area (Å²) in [7, 11) is 0. The van der Waals surface area contributed by atoms with Gasteiger partial charge in [-0.25, -0.2) is 4.98 Å². The van der Waals surface area contributed by atoms with Gasteiger partial charge in [0.05, 0.1) is 25.4 Å². The quantitative estimate of drug-likeness (QED) is 0.753. The highest BCUT2D eigenvalue weighted by Crippen LogP contribution is 2.24. The molecule has 6 nitrogen and oxygen atoms in total. The minimum Gasteiger partial charge on any atom is -0.492 e. The first kappa shape index (κ1) is 20.0. The maximum absolute atomic E-state index is 11.2. The van der Waals surface area contributed by atoms with Gasteiger partial charge in [0.15, 0.2) is 0 Å². The Kier molecular flexibility index (Phi) is 6.74. The number of amides is 1. The zero-order valence-corrected chi connectivity index (χ0v) is 16.9. The fourth-order valence-electron chi connectivity index (χ4n) is 3.31. The Morgan fingerprint density at radius 3 is 2.64 bits per heavy atom. The molecule has 150 valence electrons. The molecule has 0 spiro atoms. The average molecular weight is 383 g/mol. The van der Waals surface area contributed by atoms with Gasteiger partial charge >= 0.3 is 0 Å². The first-order chi connectivity index (χ1) is 13.5. The van der Waals surface area contributed by atoms with Crippen LogP contribution < -0.4 is 19.7 Å². The summed E-state index contributed by atoms with van der Waals surface area (Å²) in [4.78, 5) is 17.9. The predicted octanol–water partition coefficient (Wildman–Crippen LogP) is 3.73. The van der Waals surface area contributed by atoms with E-state index in [1.54, 1.807) is 6.20 Å². The van der Waals surface area contributed by atoms with Crippen LogP contribution in [-0.2, 0) is 4.79 Å². The number of nitrogens with one attached hydrogen (secondary N) is 1. The Hall–Kier alpha value is -2.76. The molecule has 0 bridgehead atoms. The van der Waals surface area contributed by atoms with Crippen LogP contribution >= 0.6 is 0 Å². The van der Waals surface area contributed by atoms with Crippen LogP contribution in [0.3, 0.4) is 0 Å². The van der Waals surface area contributed by atoms with E-state index in [0.29, 0.717) is 6.61 Å². The lowest BCUT2D eigenvalue weighted by Crippen LogP contribution is -2.25. The topological polar surface area (TPSA) is 63.7 Å². The van der Waals surface area contributed by atoms with E-state index in [1.165, 1.54) is 6.92 Å². The molecule has 3 rings (SSSR count). The monoisotopic (exact) mass is 383 g/mol. The van der Waals surface area contributed by atoms with Gasteiger partial charge in [0.2, 0.25) is 5.91 Å². The molecular weight excluding hydrogens is 354 g/mol. The first-order valence-electron chi connectivity index (χ1n) is 9.92. The molecule has 1 aromatic carbocycles. The van der Waals surface area contributed by atoms with Crippen LogP contribution in [0.15, 0.2) is 42.6 Å². The number of ether oxygens (including phenoxy) is 2. The summed E-state index contributed by atoms with van der Waals surface area (Å²) in [5.41, 5.74) is 1.06. The van der Waals surface area contributed by atoms with Gasteiger partial charge in [0.1, 0.15) is 23.4 Å². The normalized spacial score (nSPS) is 17.2. The van der Waals surface area contributed by atoms with Gasteiger partial charge in [-0.2, -0.15) is 0 Å². The largest absolute Gasteiger partial charge is 0.492 e. The van der Waals surface area contributed by atoms with Gasteiger partial charge in [-0.3, -0.25) is 4.79 Å². The van der Waals surface area contributed by atoms with E-state index in [1.807, 2.05) is 43.3 Å². The van der Waals surface area contributed by atoms with Gasteiger partial charge in [-0.15, -0.1) is 0 Å². The Bertz CT molecular complexity index is 762. The minimum atomic E-state index is -0.0301. The number of benzene rings is 1. The van der Waals surface area contributed by atoms with Crippen LogP contribution in [0.5, 0.6) is 11.5 Å². The number of pyridine rings is 1. The first-order valence-corrected chi connectivity index (χ1v) is 9.92. The number of carbonyl (C=O) groups excluding carboxylic acids is 1. The van der Waals surface area contributed by atoms with Gasteiger partial charge in [-0.1, -0.05) is 19.1 Å². The maximum atomic E-state index is 11.2. The zero-order valence-electron chi connectivity index (χ0n) is 16.9. The second-order valence-electron chi connectivity index (χ2n) is 7.17. The summed E-state index contributed by atoms with van der Waals surface area (Å²) in [6, 6.07) is 11.9. The van der Waals surface area contributed by atoms with Crippen LogP contribution in [-0.4, -0.2) is 36.7 Å². The molecule has 1 aliphatic heterocycles.